The SMILES string of the molecule is C.COCc1c(-c2ccccc2-c2cccc(OCC(=O)O)c2)oc(-c2ccccc2)c1-c1ccccc1. The number of aliphatic carboxylic acids is 1. The third-order valence-electron chi connectivity index (χ3n) is 6.07. The lowest BCUT2D eigenvalue weighted by Crippen LogP contribution is -2.09. The zero-order valence-electron chi connectivity index (χ0n) is 20.4. The lowest BCUT2D eigenvalue weighted by molar-refractivity contribution is -0.139. The van der Waals surface area contributed by atoms with E-state index in [1.54, 1.807) is 13.2 Å². The Kier molecular flexibility index (Phi) is 8.41. The van der Waals surface area contributed by atoms with Crippen LogP contribution in [0.2, 0.25) is 0 Å². The summed E-state index contributed by atoms with van der Waals surface area (Å²) in [5.41, 5.74) is 6.71. The van der Waals surface area contributed by atoms with Crippen LogP contribution >= 0.6 is 0 Å². The van der Waals surface area contributed by atoms with Gasteiger partial charge in [-0.2, -0.15) is 0 Å². The number of carboxylic acid groups (broad SMARTS) is 1. The van der Waals surface area contributed by atoms with Gasteiger partial charge in [-0.15, -0.1) is 0 Å². The molecule has 0 aliphatic carbocycles. The van der Waals surface area contributed by atoms with Crippen LogP contribution in [0.5, 0.6) is 5.75 Å². The molecule has 4 aromatic carbocycles. The number of hydrogen-bond donors (Lipinski definition) is 1. The van der Waals surface area contributed by atoms with E-state index in [2.05, 4.69) is 12.1 Å². The van der Waals surface area contributed by atoms with Crippen LogP contribution in [0.4, 0.5) is 0 Å². The fourth-order valence-electron chi connectivity index (χ4n) is 4.50. The second-order valence-corrected chi connectivity index (χ2v) is 8.53. The molecule has 0 spiro atoms. The summed E-state index contributed by atoms with van der Waals surface area (Å²) < 4.78 is 17.8. The predicted molar refractivity (Wildman–Crippen MR) is 151 cm³/mol. The summed E-state index contributed by atoms with van der Waals surface area (Å²) >= 11 is 0. The maximum absolute atomic E-state index is 11.0. The van der Waals surface area contributed by atoms with E-state index >= 15 is 0 Å². The van der Waals surface area contributed by atoms with Crippen molar-refractivity contribution in [2.45, 2.75) is 14.0 Å². The first-order valence-corrected chi connectivity index (χ1v) is 12.0. The van der Waals surface area contributed by atoms with E-state index in [1.807, 2.05) is 91.0 Å². The fourth-order valence-corrected chi connectivity index (χ4v) is 4.50. The highest BCUT2D eigenvalue weighted by molar-refractivity contribution is 5.91. The highest BCUT2D eigenvalue weighted by Crippen LogP contribution is 2.46. The Morgan fingerprint density at radius 3 is 2.00 bits per heavy atom. The van der Waals surface area contributed by atoms with Crippen LogP contribution in [0.3, 0.4) is 0 Å². The molecule has 5 heteroatoms. The fraction of sp³-hybridized carbons (Fsp3) is 0.121. The van der Waals surface area contributed by atoms with Crippen molar-refractivity contribution >= 4 is 5.97 Å². The molecule has 38 heavy (non-hydrogen) atoms. The second-order valence-electron chi connectivity index (χ2n) is 8.53. The number of ether oxygens (including phenoxy) is 2. The zero-order valence-corrected chi connectivity index (χ0v) is 20.4. The Morgan fingerprint density at radius 2 is 1.34 bits per heavy atom. The monoisotopic (exact) mass is 506 g/mol. The van der Waals surface area contributed by atoms with Crippen LogP contribution in [0.15, 0.2) is 114 Å². The van der Waals surface area contributed by atoms with Gasteiger partial charge in [-0.05, 0) is 28.8 Å². The second kappa shape index (κ2) is 12.1. The van der Waals surface area contributed by atoms with Gasteiger partial charge < -0.3 is 19.0 Å². The van der Waals surface area contributed by atoms with E-state index in [0.717, 1.165) is 50.5 Å². The predicted octanol–water partition coefficient (Wildman–Crippen LogP) is 8.19. The highest BCUT2D eigenvalue weighted by Gasteiger charge is 2.25. The molecule has 5 aromatic rings. The van der Waals surface area contributed by atoms with Crippen LogP contribution in [-0.2, 0) is 16.1 Å². The summed E-state index contributed by atoms with van der Waals surface area (Å²) in [6, 6.07) is 35.7. The number of furan rings is 1. The molecular weight excluding hydrogens is 476 g/mol. The first-order chi connectivity index (χ1) is 18.2. The molecule has 0 atom stereocenters. The molecule has 0 aliphatic rings. The minimum absolute atomic E-state index is 0. The Labute approximate surface area is 222 Å². The summed E-state index contributed by atoms with van der Waals surface area (Å²) in [5, 5.41) is 9.00. The van der Waals surface area contributed by atoms with Gasteiger partial charge in [0.15, 0.2) is 6.61 Å². The van der Waals surface area contributed by atoms with Gasteiger partial charge in [-0.25, -0.2) is 4.79 Å². The van der Waals surface area contributed by atoms with Crippen LogP contribution < -0.4 is 4.74 Å². The topological polar surface area (TPSA) is 68.9 Å². The van der Waals surface area contributed by atoms with Gasteiger partial charge in [0.25, 0.3) is 0 Å². The van der Waals surface area contributed by atoms with Crippen molar-refractivity contribution in [2.75, 3.05) is 13.7 Å². The Morgan fingerprint density at radius 1 is 0.737 bits per heavy atom. The average Bonchev–Trinajstić information content (AvgIpc) is 3.32. The third-order valence-corrected chi connectivity index (χ3v) is 6.07. The number of carbonyl (C=O) groups is 1. The van der Waals surface area contributed by atoms with Crippen molar-refractivity contribution in [1.29, 1.82) is 0 Å². The molecule has 0 radical (unpaired) electrons. The Balaban J connectivity index is 0.00000336. The first-order valence-electron chi connectivity index (χ1n) is 12.0. The van der Waals surface area contributed by atoms with Crippen molar-refractivity contribution in [3.8, 4) is 50.7 Å². The molecule has 0 unspecified atom stereocenters. The van der Waals surface area contributed by atoms with Gasteiger partial charge in [-0.1, -0.05) is 104 Å². The third kappa shape index (κ3) is 5.53. The van der Waals surface area contributed by atoms with Crippen molar-refractivity contribution in [1.82, 2.24) is 0 Å². The summed E-state index contributed by atoms with van der Waals surface area (Å²) in [6.45, 7) is -0.0336. The van der Waals surface area contributed by atoms with E-state index in [9.17, 15) is 4.79 Å². The largest absolute Gasteiger partial charge is 0.482 e. The number of rotatable bonds is 9. The zero-order chi connectivity index (χ0) is 25.6. The van der Waals surface area contributed by atoms with Crippen LogP contribution in [0, 0.1) is 0 Å². The maximum atomic E-state index is 11.0. The average molecular weight is 507 g/mol. The van der Waals surface area contributed by atoms with Crippen molar-refractivity contribution in [3.63, 3.8) is 0 Å². The van der Waals surface area contributed by atoms with Crippen LogP contribution in [0.25, 0.3) is 44.9 Å². The number of benzene rings is 4. The minimum Gasteiger partial charge on any atom is -0.482 e. The molecule has 0 saturated carbocycles. The number of carboxylic acids is 1. The standard InChI is InChI=1S/C32H26O5.CH4/c1-35-20-28-30(22-11-4-2-5-12-22)31(23-13-6-3-7-14-23)37-32(28)27-18-9-8-17-26(27)24-15-10-16-25(19-24)36-21-29(33)34;/h2-19H,20-21H2,1H3,(H,33,34);1H4. The lowest BCUT2D eigenvalue weighted by atomic mass is 9.93. The van der Waals surface area contributed by atoms with Gasteiger partial charge in [-0.3, -0.25) is 0 Å². The quantitative estimate of drug-likeness (QED) is 0.218. The van der Waals surface area contributed by atoms with Crippen molar-refractivity contribution in [2.24, 2.45) is 0 Å². The number of hydrogen-bond acceptors (Lipinski definition) is 4. The van der Waals surface area contributed by atoms with E-state index in [1.165, 1.54) is 0 Å². The van der Waals surface area contributed by atoms with Crippen molar-refractivity contribution < 1.29 is 23.8 Å². The Hall–Kier alpha value is -4.61. The van der Waals surface area contributed by atoms with Gasteiger partial charge in [0.05, 0.1) is 6.61 Å². The molecule has 5 nitrogen and oxygen atoms in total. The molecule has 1 heterocycles. The van der Waals surface area contributed by atoms with Gasteiger partial charge in [0.2, 0.25) is 0 Å². The minimum atomic E-state index is -1.02. The summed E-state index contributed by atoms with van der Waals surface area (Å²) in [4.78, 5) is 11.0. The normalized spacial score (nSPS) is 10.6. The molecule has 5 rings (SSSR count). The summed E-state index contributed by atoms with van der Waals surface area (Å²) in [7, 11) is 1.68. The summed E-state index contributed by atoms with van der Waals surface area (Å²) in [5.74, 6) is 0.975. The molecule has 0 saturated heterocycles. The highest BCUT2D eigenvalue weighted by atomic mass is 16.5. The maximum Gasteiger partial charge on any atom is 0.341 e. The Bertz CT molecular complexity index is 1500. The van der Waals surface area contributed by atoms with Gasteiger partial charge >= 0.3 is 5.97 Å². The van der Waals surface area contributed by atoms with E-state index in [0.29, 0.717) is 12.4 Å². The van der Waals surface area contributed by atoms with Gasteiger partial charge in [0.1, 0.15) is 17.3 Å². The molecule has 0 aliphatic heterocycles. The van der Waals surface area contributed by atoms with E-state index in [4.69, 9.17) is 19.0 Å². The molecule has 192 valence electrons. The smallest absolute Gasteiger partial charge is 0.341 e. The van der Waals surface area contributed by atoms with E-state index < -0.39 is 12.6 Å². The first kappa shape index (κ1) is 26.5. The molecule has 0 fully saturated rings. The molecular formula is C33H30O5. The van der Waals surface area contributed by atoms with Crippen LogP contribution in [0.1, 0.15) is 13.0 Å². The van der Waals surface area contributed by atoms with Gasteiger partial charge in [0, 0.05) is 29.4 Å². The van der Waals surface area contributed by atoms with Crippen LogP contribution in [-0.4, -0.2) is 24.8 Å². The molecule has 1 aromatic heterocycles. The molecule has 1 N–H and O–H groups in total. The van der Waals surface area contributed by atoms with E-state index in [-0.39, 0.29) is 7.43 Å². The molecule has 0 amide bonds. The lowest BCUT2D eigenvalue weighted by Gasteiger charge is -2.12. The van der Waals surface area contributed by atoms with Crippen molar-refractivity contribution in [3.05, 3.63) is 115 Å². The molecule has 0 bridgehead atoms. The summed E-state index contributed by atoms with van der Waals surface area (Å²) in [6.07, 6.45) is 0. The number of methoxy groups -OCH3 is 1.